The molecule has 0 saturated carbocycles. The molecule has 2 rings (SSSR count). The van der Waals surface area contributed by atoms with Crippen LogP contribution in [0.2, 0.25) is 0 Å². The van der Waals surface area contributed by atoms with E-state index in [9.17, 15) is 4.79 Å². The highest BCUT2D eigenvalue weighted by Crippen LogP contribution is 2.34. The summed E-state index contributed by atoms with van der Waals surface area (Å²) in [5.74, 6) is 0.663. The highest BCUT2D eigenvalue weighted by Gasteiger charge is 2.30. The van der Waals surface area contributed by atoms with Crippen molar-refractivity contribution in [2.24, 2.45) is 0 Å². The van der Waals surface area contributed by atoms with Crippen molar-refractivity contribution in [2.75, 3.05) is 11.4 Å². The van der Waals surface area contributed by atoms with E-state index in [2.05, 4.69) is 0 Å². The second-order valence-corrected chi connectivity index (χ2v) is 3.80. The van der Waals surface area contributed by atoms with Gasteiger partial charge in [-0.05, 0) is 31.5 Å². The predicted molar refractivity (Wildman–Crippen MR) is 60.5 cm³/mol. The van der Waals surface area contributed by atoms with E-state index < -0.39 is 6.10 Å². The Morgan fingerprint density at radius 3 is 2.88 bits per heavy atom. The van der Waals surface area contributed by atoms with Crippen molar-refractivity contribution < 1.29 is 14.6 Å². The highest BCUT2D eigenvalue weighted by molar-refractivity contribution is 5.99. The Morgan fingerprint density at radius 1 is 1.50 bits per heavy atom. The van der Waals surface area contributed by atoms with E-state index in [-0.39, 0.29) is 12.5 Å². The van der Waals surface area contributed by atoms with E-state index in [1.54, 1.807) is 30.0 Å². The molecule has 1 amide bonds. The van der Waals surface area contributed by atoms with Crippen molar-refractivity contribution in [3.05, 3.63) is 23.8 Å². The van der Waals surface area contributed by atoms with Crippen molar-refractivity contribution in [3.8, 4) is 5.75 Å². The number of aliphatic hydroxyl groups is 1. The first-order valence-corrected chi connectivity index (χ1v) is 5.39. The lowest BCUT2D eigenvalue weighted by Crippen LogP contribution is -2.44. The van der Waals surface area contributed by atoms with Crippen LogP contribution in [0.25, 0.3) is 0 Å². The number of likely N-dealkylation sites (N-methyl/N-ethyl adjacent to an activating group) is 1. The summed E-state index contributed by atoms with van der Waals surface area (Å²) >= 11 is 0. The number of carbonyl (C=O) groups is 1. The number of hydrogen-bond acceptors (Lipinski definition) is 3. The minimum atomic E-state index is -0.438. The van der Waals surface area contributed by atoms with Crippen molar-refractivity contribution >= 4 is 11.6 Å². The molecule has 4 nitrogen and oxygen atoms in total. The number of nitrogens with zero attached hydrogens (tertiary/aromatic N) is 1. The summed E-state index contributed by atoms with van der Waals surface area (Å²) in [6, 6.07) is 5.39. The molecule has 4 heteroatoms. The molecule has 0 aliphatic carbocycles. The average molecular weight is 221 g/mol. The van der Waals surface area contributed by atoms with Crippen LogP contribution in [-0.4, -0.2) is 23.7 Å². The second-order valence-electron chi connectivity index (χ2n) is 3.80. The van der Waals surface area contributed by atoms with Gasteiger partial charge in [0.05, 0.1) is 12.3 Å². The SMILES string of the molecule is CCN1C(=O)C(C)Oc2ccc(CO)cc21. The standard InChI is InChI=1S/C12H15NO3/c1-3-13-10-6-9(7-14)4-5-11(10)16-8(2)12(13)15/h4-6,8,14H,3,7H2,1-2H3. The summed E-state index contributed by atoms with van der Waals surface area (Å²) in [6.45, 7) is 4.24. The number of hydrogen-bond donors (Lipinski definition) is 1. The summed E-state index contributed by atoms with van der Waals surface area (Å²) < 4.78 is 5.50. The maximum Gasteiger partial charge on any atom is 0.267 e. The number of anilines is 1. The zero-order valence-corrected chi connectivity index (χ0v) is 9.43. The smallest absolute Gasteiger partial charge is 0.267 e. The molecule has 1 N–H and O–H groups in total. The number of aliphatic hydroxyl groups excluding tert-OH is 1. The van der Waals surface area contributed by atoms with Crippen LogP contribution in [0.1, 0.15) is 19.4 Å². The van der Waals surface area contributed by atoms with Crippen LogP contribution in [-0.2, 0) is 11.4 Å². The van der Waals surface area contributed by atoms with E-state index in [1.807, 2.05) is 6.92 Å². The fourth-order valence-corrected chi connectivity index (χ4v) is 1.88. The molecule has 16 heavy (non-hydrogen) atoms. The Balaban J connectivity index is 2.48. The molecule has 0 fully saturated rings. The Hall–Kier alpha value is -1.55. The van der Waals surface area contributed by atoms with Crippen molar-refractivity contribution in [1.29, 1.82) is 0 Å². The molecule has 1 heterocycles. The maximum absolute atomic E-state index is 11.9. The number of amides is 1. The zero-order valence-electron chi connectivity index (χ0n) is 9.43. The normalized spacial score (nSPS) is 19.3. The van der Waals surface area contributed by atoms with Crippen LogP contribution in [0.3, 0.4) is 0 Å². The van der Waals surface area contributed by atoms with Crippen LogP contribution < -0.4 is 9.64 Å². The third kappa shape index (κ3) is 1.65. The van der Waals surface area contributed by atoms with Gasteiger partial charge in [0, 0.05) is 6.54 Å². The van der Waals surface area contributed by atoms with Crippen LogP contribution in [0.4, 0.5) is 5.69 Å². The summed E-state index contributed by atoms with van der Waals surface area (Å²) in [6.07, 6.45) is -0.438. The molecule has 1 aliphatic heterocycles. The molecule has 1 aromatic rings. The average Bonchev–Trinajstić information content (AvgIpc) is 2.30. The minimum Gasteiger partial charge on any atom is -0.479 e. The monoisotopic (exact) mass is 221 g/mol. The van der Waals surface area contributed by atoms with Gasteiger partial charge in [-0.25, -0.2) is 0 Å². The Labute approximate surface area is 94.4 Å². The van der Waals surface area contributed by atoms with Crippen molar-refractivity contribution in [1.82, 2.24) is 0 Å². The zero-order chi connectivity index (χ0) is 11.7. The van der Waals surface area contributed by atoms with Crippen LogP contribution in [0.15, 0.2) is 18.2 Å². The molecule has 0 radical (unpaired) electrons. The number of rotatable bonds is 2. The highest BCUT2D eigenvalue weighted by atomic mass is 16.5. The third-order valence-corrected chi connectivity index (χ3v) is 2.73. The third-order valence-electron chi connectivity index (χ3n) is 2.73. The van der Waals surface area contributed by atoms with Crippen LogP contribution in [0, 0.1) is 0 Å². The molecule has 0 aromatic heterocycles. The van der Waals surface area contributed by atoms with Gasteiger partial charge in [-0.15, -0.1) is 0 Å². The van der Waals surface area contributed by atoms with Gasteiger partial charge in [-0.3, -0.25) is 4.79 Å². The van der Waals surface area contributed by atoms with Gasteiger partial charge in [-0.2, -0.15) is 0 Å². The lowest BCUT2D eigenvalue weighted by Gasteiger charge is -2.32. The summed E-state index contributed by atoms with van der Waals surface area (Å²) in [4.78, 5) is 13.5. The molecule has 0 spiro atoms. The molecule has 1 unspecified atom stereocenters. The second kappa shape index (κ2) is 4.14. The summed E-state index contributed by atoms with van der Waals surface area (Å²) in [5, 5.41) is 9.07. The van der Waals surface area contributed by atoms with Gasteiger partial charge in [0.2, 0.25) is 0 Å². The molecular formula is C12H15NO3. The number of carbonyl (C=O) groups excluding carboxylic acids is 1. The van der Waals surface area contributed by atoms with E-state index in [4.69, 9.17) is 9.84 Å². The van der Waals surface area contributed by atoms with Crippen LogP contribution in [0.5, 0.6) is 5.75 Å². The topological polar surface area (TPSA) is 49.8 Å². The fraction of sp³-hybridized carbons (Fsp3) is 0.417. The van der Waals surface area contributed by atoms with Gasteiger partial charge in [0.15, 0.2) is 6.10 Å². The van der Waals surface area contributed by atoms with Crippen LogP contribution >= 0.6 is 0 Å². The molecule has 1 atom stereocenters. The number of fused-ring (bicyclic) bond motifs is 1. The maximum atomic E-state index is 11.9. The van der Waals surface area contributed by atoms with Crippen molar-refractivity contribution in [3.63, 3.8) is 0 Å². The van der Waals surface area contributed by atoms with Gasteiger partial charge in [-0.1, -0.05) is 6.07 Å². The van der Waals surface area contributed by atoms with E-state index >= 15 is 0 Å². The lowest BCUT2D eigenvalue weighted by molar-refractivity contribution is -0.125. The molecule has 86 valence electrons. The number of benzene rings is 1. The largest absolute Gasteiger partial charge is 0.479 e. The molecule has 0 bridgehead atoms. The Bertz CT molecular complexity index is 417. The lowest BCUT2D eigenvalue weighted by atomic mass is 10.1. The minimum absolute atomic E-state index is 0.0332. The first-order valence-electron chi connectivity index (χ1n) is 5.39. The summed E-state index contributed by atoms with van der Waals surface area (Å²) in [7, 11) is 0. The summed E-state index contributed by atoms with van der Waals surface area (Å²) in [5.41, 5.74) is 1.53. The molecule has 0 saturated heterocycles. The molecular weight excluding hydrogens is 206 g/mol. The van der Waals surface area contributed by atoms with Gasteiger partial charge < -0.3 is 14.7 Å². The Kier molecular flexibility index (Phi) is 2.83. The van der Waals surface area contributed by atoms with E-state index in [0.717, 1.165) is 11.3 Å². The quantitative estimate of drug-likeness (QED) is 0.819. The first-order chi connectivity index (χ1) is 7.67. The molecule has 1 aromatic carbocycles. The predicted octanol–water partition coefficient (Wildman–Crippen LogP) is 1.31. The fourth-order valence-electron chi connectivity index (χ4n) is 1.88. The number of ether oxygens (including phenoxy) is 1. The van der Waals surface area contributed by atoms with E-state index in [0.29, 0.717) is 12.3 Å². The van der Waals surface area contributed by atoms with Crippen molar-refractivity contribution in [2.45, 2.75) is 26.6 Å². The molecule has 1 aliphatic rings. The first kappa shape index (κ1) is 11.0. The van der Waals surface area contributed by atoms with Gasteiger partial charge >= 0.3 is 0 Å². The van der Waals surface area contributed by atoms with Gasteiger partial charge in [0.1, 0.15) is 5.75 Å². The Morgan fingerprint density at radius 2 is 2.25 bits per heavy atom. The van der Waals surface area contributed by atoms with E-state index in [1.165, 1.54) is 0 Å². The van der Waals surface area contributed by atoms with Gasteiger partial charge in [0.25, 0.3) is 5.91 Å².